The smallest absolute Gasteiger partial charge is 0.240 e. The molecule has 5 nitrogen and oxygen atoms in total. The number of phenolic OH excluding ortho intramolecular Hbond substituents is 1. The number of anilines is 1. The van der Waals surface area contributed by atoms with Crippen molar-refractivity contribution in [3.63, 3.8) is 0 Å². The van der Waals surface area contributed by atoms with Gasteiger partial charge in [0, 0.05) is 5.56 Å². The Kier molecular flexibility index (Phi) is 1.98. The molecule has 0 aliphatic rings. The third kappa shape index (κ3) is 1.47. The summed E-state index contributed by atoms with van der Waals surface area (Å²) in [4.78, 5) is 3.95. The van der Waals surface area contributed by atoms with Crippen LogP contribution in [0.2, 0.25) is 0 Å². The van der Waals surface area contributed by atoms with Gasteiger partial charge in [-0.2, -0.15) is 5.10 Å². The monoisotopic (exact) mass is 188 g/mol. The first-order valence-electron chi connectivity index (χ1n) is 4.01. The first kappa shape index (κ1) is 8.43. The molecule has 0 saturated carbocycles. The number of benzene rings is 1. The van der Waals surface area contributed by atoms with Crippen molar-refractivity contribution in [3.8, 4) is 17.0 Å². The molecule has 0 amide bonds. The van der Waals surface area contributed by atoms with Crippen LogP contribution in [-0.4, -0.2) is 20.3 Å². The van der Waals surface area contributed by atoms with Crippen LogP contribution in [-0.2, 0) is 0 Å². The highest BCUT2D eigenvalue weighted by Crippen LogP contribution is 2.26. The molecule has 14 heavy (non-hydrogen) atoms. The molecule has 1 aromatic heterocycles. The van der Waals surface area contributed by atoms with Crippen molar-refractivity contribution >= 4 is 5.95 Å². The molecule has 2 rings (SSSR count). The number of nitrogens with two attached hydrogens (primary N) is 1. The van der Waals surface area contributed by atoms with Crippen LogP contribution in [0.5, 0.6) is 5.75 Å². The Labute approximate surface area is 80.3 Å². The zero-order chi connectivity index (χ0) is 9.97. The molecule has 0 bridgehead atoms. The summed E-state index contributed by atoms with van der Waals surface area (Å²) < 4.78 is 0. The molecule has 0 spiro atoms. The highest BCUT2D eigenvalue weighted by Gasteiger charge is 2.05. The fourth-order valence-electron chi connectivity index (χ4n) is 1.14. The number of aromatic hydroxyl groups is 1. The van der Waals surface area contributed by atoms with E-state index in [1.165, 1.54) is 6.20 Å². The quantitative estimate of drug-likeness (QED) is 0.692. The Morgan fingerprint density at radius 1 is 1.21 bits per heavy atom. The molecule has 0 atom stereocenters. The zero-order valence-corrected chi connectivity index (χ0v) is 7.25. The van der Waals surface area contributed by atoms with E-state index in [0.29, 0.717) is 11.3 Å². The second-order valence-corrected chi connectivity index (χ2v) is 2.72. The van der Waals surface area contributed by atoms with Gasteiger partial charge in [-0.3, -0.25) is 0 Å². The molecule has 0 aliphatic carbocycles. The number of aromatic nitrogens is 3. The van der Waals surface area contributed by atoms with E-state index in [1.807, 2.05) is 0 Å². The van der Waals surface area contributed by atoms with E-state index in [1.54, 1.807) is 24.3 Å². The molecule has 70 valence electrons. The van der Waals surface area contributed by atoms with Crippen LogP contribution >= 0.6 is 0 Å². The number of hydrogen-bond donors (Lipinski definition) is 2. The molecule has 1 heterocycles. The van der Waals surface area contributed by atoms with E-state index in [0.717, 1.165) is 0 Å². The summed E-state index contributed by atoms with van der Waals surface area (Å²) in [7, 11) is 0. The van der Waals surface area contributed by atoms with Gasteiger partial charge in [-0.15, -0.1) is 5.10 Å². The van der Waals surface area contributed by atoms with E-state index < -0.39 is 0 Å². The lowest BCUT2D eigenvalue weighted by Crippen LogP contribution is -1.97. The maximum absolute atomic E-state index is 9.53. The topological polar surface area (TPSA) is 84.9 Å². The van der Waals surface area contributed by atoms with Crippen molar-refractivity contribution in [2.45, 2.75) is 0 Å². The van der Waals surface area contributed by atoms with Gasteiger partial charge in [0.2, 0.25) is 5.95 Å². The molecule has 5 heteroatoms. The van der Waals surface area contributed by atoms with Crippen LogP contribution in [0.25, 0.3) is 11.3 Å². The van der Waals surface area contributed by atoms with Crippen molar-refractivity contribution in [2.24, 2.45) is 0 Å². The number of rotatable bonds is 1. The molecule has 2 aromatic rings. The van der Waals surface area contributed by atoms with Crippen LogP contribution < -0.4 is 5.73 Å². The van der Waals surface area contributed by atoms with Gasteiger partial charge in [0.05, 0.1) is 11.9 Å². The van der Waals surface area contributed by atoms with Crippen LogP contribution in [0.1, 0.15) is 0 Å². The summed E-state index contributed by atoms with van der Waals surface area (Å²) in [6.07, 6.45) is 1.45. The van der Waals surface area contributed by atoms with E-state index >= 15 is 0 Å². The van der Waals surface area contributed by atoms with Gasteiger partial charge in [0.15, 0.2) is 0 Å². The average molecular weight is 188 g/mol. The van der Waals surface area contributed by atoms with Gasteiger partial charge in [-0.05, 0) is 12.1 Å². The van der Waals surface area contributed by atoms with Crippen molar-refractivity contribution < 1.29 is 5.11 Å². The lowest BCUT2D eigenvalue weighted by Gasteiger charge is -2.02. The summed E-state index contributed by atoms with van der Waals surface area (Å²) in [5, 5.41) is 16.7. The lowest BCUT2D eigenvalue weighted by atomic mass is 10.1. The standard InChI is InChI=1S/C9H8N4O/c10-9-12-7(5-11-13-9)6-3-1-2-4-8(6)14/h1-5,14H,(H2,10,12,13). The molecule has 0 radical (unpaired) electrons. The van der Waals surface area contributed by atoms with E-state index in [2.05, 4.69) is 15.2 Å². The zero-order valence-electron chi connectivity index (χ0n) is 7.25. The van der Waals surface area contributed by atoms with Gasteiger partial charge in [0.25, 0.3) is 0 Å². The second kappa shape index (κ2) is 3.29. The molecule has 1 aromatic carbocycles. The van der Waals surface area contributed by atoms with Crippen molar-refractivity contribution in [1.82, 2.24) is 15.2 Å². The maximum atomic E-state index is 9.53. The normalized spacial score (nSPS) is 10.0. The van der Waals surface area contributed by atoms with Crippen molar-refractivity contribution in [3.05, 3.63) is 30.5 Å². The maximum Gasteiger partial charge on any atom is 0.240 e. The van der Waals surface area contributed by atoms with Crippen LogP contribution in [0.3, 0.4) is 0 Å². The average Bonchev–Trinajstić information content (AvgIpc) is 2.18. The molecule has 3 N–H and O–H groups in total. The third-order valence-corrected chi connectivity index (χ3v) is 1.76. The van der Waals surface area contributed by atoms with E-state index in [9.17, 15) is 5.11 Å². The minimum atomic E-state index is 0.0887. The predicted molar refractivity (Wildman–Crippen MR) is 51.3 cm³/mol. The van der Waals surface area contributed by atoms with Crippen molar-refractivity contribution in [1.29, 1.82) is 0 Å². The largest absolute Gasteiger partial charge is 0.507 e. The molecular weight excluding hydrogens is 180 g/mol. The van der Waals surface area contributed by atoms with Crippen LogP contribution in [0, 0.1) is 0 Å². The Bertz CT molecular complexity index is 458. The predicted octanol–water partition coefficient (Wildman–Crippen LogP) is 0.826. The SMILES string of the molecule is Nc1nncc(-c2ccccc2O)n1. The number of phenols is 1. The van der Waals surface area contributed by atoms with Gasteiger partial charge in [0.1, 0.15) is 5.75 Å². The number of nitrogen functional groups attached to an aromatic ring is 1. The third-order valence-electron chi connectivity index (χ3n) is 1.76. The lowest BCUT2D eigenvalue weighted by molar-refractivity contribution is 0.477. The Morgan fingerprint density at radius 3 is 2.71 bits per heavy atom. The first-order valence-corrected chi connectivity index (χ1v) is 4.01. The van der Waals surface area contributed by atoms with Gasteiger partial charge >= 0.3 is 0 Å². The highest BCUT2D eigenvalue weighted by atomic mass is 16.3. The van der Waals surface area contributed by atoms with Crippen LogP contribution in [0.15, 0.2) is 30.5 Å². The minimum Gasteiger partial charge on any atom is -0.507 e. The summed E-state index contributed by atoms with van der Waals surface area (Å²) in [6, 6.07) is 6.84. The number of para-hydroxylation sites is 1. The first-order chi connectivity index (χ1) is 6.77. The number of nitrogens with zero attached hydrogens (tertiary/aromatic N) is 3. The Morgan fingerprint density at radius 2 is 2.00 bits per heavy atom. The summed E-state index contributed by atoms with van der Waals surface area (Å²) in [6.45, 7) is 0. The molecule has 0 saturated heterocycles. The fourth-order valence-corrected chi connectivity index (χ4v) is 1.14. The molecule has 0 aliphatic heterocycles. The van der Waals surface area contributed by atoms with Crippen LogP contribution in [0.4, 0.5) is 5.95 Å². The Hall–Kier alpha value is -2.17. The van der Waals surface area contributed by atoms with Crippen molar-refractivity contribution in [2.75, 3.05) is 5.73 Å². The van der Waals surface area contributed by atoms with Gasteiger partial charge < -0.3 is 10.8 Å². The van der Waals surface area contributed by atoms with E-state index in [-0.39, 0.29) is 11.7 Å². The summed E-state index contributed by atoms with van der Waals surface area (Å²) in [5.74, 6) is 0.234. The fraction of sp³-hybridized carbons (Fsp3) is 0. The molecule has 0 fully saturated rings. The second-order valence-electron chi connectivity index (χ2n) is 2.72. The summed E-state index contributed by atoms with van der Waals surface area (Å²) >= 11 is 0. The highest BCUT2D eigenvalue weighted by molar-refractivity contribution is 5.66. The van der Waals surface area contributed by atoms with E-state index in [4.69, 9.17) is 5.73 Å². The van der Waals surface area contributed by atoms with Gasteiger partial charge in [-0.25, -0.2) is 4.98 Å². The number of hydrogen-bond acceptors (Lipinski definition) is 5. The molecule has 0 unspecified atom stereocenters. The minimum absolute atomic E-state index is 0.0887. The van der Waals surface area contributed by atoms with Gasteiger partial charge in [-0.1, -0.05) is 12.1 Å². The molecular formula is C9H8N4O. The Balaban J connectivity index is 2.55. The summed E-state index contributed by atoms with van der Waals surface area (Å²) in [5.41, 5.74) is 6.48.